The molecule has 2 heterocycles. The molecule has 0 amide bonds. The molecular formula is C45H30N4. The molecule has 4 heteroatoms. The molecule has 2 aromatic heterocycles. The fourth-order valence-electron chi connectivity index (χ4n) is 5.73. The average Bonchev–Trinajstić information content (AvgIpc) is 3.70. The van der Waals surface area contributed by atoms with Crippen LogP contribution in [-0.4, -0.2) is 19.5 Å². The summed E-state index contributed by atoms with van der Waals surface area (Å²) in [6.45, 7) is 0. The minimum atomic E-state index is -0.772. The number of fused-ring (bicyclic) bond motifs is 3. The molecule has 49 heavy (non-hydrogen) atoms. The van der Waals surface area contributed by atoms with Gasteiger partial charge in [-0.2, -0.15) is 0 Å². The highest BCUT2D eigenvalue weighted by Gasteiger charge is 2.22. The SMILES string of the molecule is [2H]c1c([2H])c([2H])c(-c2cccc(-n3c4c([2H])c([2H])c([2H])c([2H])c4c4c([2H])c(-c5c([2H])c([2H])c([2H])c([2H])c5[2H])c([2H])c([2H])c43)c2-c2nc(-c3ccccc3)nc(-c3ccccc3)n2)c([2H])c1[2H]. The van der Waals surface area contributed by atoms with E-state index in [1.807, 2.05) is 0 Å². The van der Waals surface area contributed by atoms with Crippen LogP contribution >= 0.6 is 0 Å². The number of para-hydroxylation sites is 1. The molecule has 0 saturated heterocycles. The molecule has 7 aromatic carbocycles. The summed E-state index contributed by atoms with van der Waals surface area (Å²) >= 11 is 0. The zero-order valence-corrected chi connectivity index (χ0v) is 25.3. The average molecular weight is 644 g/mol. The summed E-state index contributed by atoms with van der Waals surface area (Å²) < 4.78 is 152. The van der Waals surface area contributed by atoms with Crippen molar-refractivity contribution in [3.05, 3.63) is 182 Å². The third-order valence-corrected chi connectivity index (χ3v) is 7.88. The smallest absolute Gasteiger partial charge is 0.166 e. The van der Waals surface area contributed by atoms with Gasteiger partial charge in [0.2, 0.25) is 0 Å². The van der Waals surface area contributed by atoms with Gasteiger partial charge in [0.05, 0.1) is 45.6 Å². The minimum absolute atomic E-state index is 0.0379. The molecular weight excluding hydrogens is 597 g/mol. The van der Waals surface area contributed by atoms with E-state index < -0.39 is 114 Å². The molecule has 0 aliphatic rings. The van der Waals surface area contributed by atoms with Crippen LogP contribution in [0, 0.1) is 0 Å². The van der Waals surface area contributed by atoms with Crippen molar-refractivity contribution in [1.29, 1.82) is 0 Å². The summed E-state index contributed by atoms with van der Waals surface area (Å²) in [5.74, 6) is 0.156. The van der Waals surface area contributed by atoms with Crippen LogP contribution in [0.1, 0.15) is 23.3 Å². The molecule has 0 atom stereocenters. The maximum atomic E-state index is 9.67. The van der Waals surface area contributed by atoms with E-state index in [9.17, 15) is 6.85 Å². The van der Waals surface area contributed by atoms with Gasteiger partial charge in [-0.1, -0.05) is 157 Å². The molecule has 4 nitrogen and oxygen atoms in total. The van der Waals surface area contributed by atoms with E-state index in [2.05, 4.69) is 0 Å². The van der Waals surface area contributed by atoms with E-state index >= 15 is 0 Å². The lowest BCUT2D eigenvalue weighted by atomic mass is 9.97. The number of hydrogen-bond donors (Lipinski definition) is 0. The fourth-order valence-corrected chi connectivity index (χ4v) is 5.73. The van der Waals surface area contributed by atoms with Crippen LogP contribution in [0.25, 0.3) is 83.9 Å². The van der Waals surface area contributed by atoms with E-state index in [-0.39, 0.29) is 61.7 Å². The summed E-state index contributed by atoms with van der Waals surface area (Å²) in [6, 6.07) is 10.2. The van der Waals surface area contributed by atoms with Gasteiger partial charge in [0.15, 0.2) is 17.5 Å². The van der Waals surface area contributed by atoms with E-state index in [0.717, 1.165) is 0 Å². The molecule has 0 bridgehead atoms. The van der Waals surface area contributed by atoms with E-state index in [1.54, 1.807) is 60.7 Å². The van der Waals surface area contributed by atoms with Crippen molar-refractivity contribution in [2.45, 2.75) is 0 Å². The molecule has 0 aliphatic carbocycles. The second kappa shape index (κ2) is 12.2. The van der Waals surface area contributed by atoms with Gasteiger partial charge in [0.1, 0.15) is 0 Å². The Bertz CT molecular complexity index is 3450. The quantitative estimate of drug-likeness (QED) is 0.181. The molecule has 0 saturated carbocycles. The predicted molar refractivity (Wildman–Crippen MR) is 201 cm³/mol. The first-order valence-corrected chi connectivity index (χ1v) is 15.1. The van der Waals surface area contributed by atoms with Gasteiger partial charge in [-0.05, 0) is 46.4 Å². The maximum Gasteiger partial charge on any atom is 0.166 e. The van der Waals surface area contributed by atoms with Gasteiger partial charge in [0, 0.05) is 21.9 Å². The Balaban J connectivity index is 1.54. The summed E-state index contributed by atoms with van der Waals surface area (Å²) in [6.07, 6.45) is 0. The summed E-state index contributed by atoms with van der Waals surface area (Å²) in [5, 5.41) is -0.641. The predicted octanol–water partition coefficient (Wildman–Crippen LogP) is 11.3. The Labute approximate surface area is 308 Å². The largest absolute Gasteiger partial charge is 0.308 e. The molecule has 0 aliphatic heterocycles. The van der Waals surface area contributed by atoms with Crippen molar-refractivity contribution >= 4 is 21.8 Å². The summed E-state index contributed by atoms with van der Waals surface area (Å²) in [5.41, 5.74) is -1.15. The Morgan fingerprint density at radius 2 is 0.980 bits per heavy atom. The Morgan fingerprint density at radius 3 is 1.65 bits per heavy atom. The van der Waals surface area contributed by atoms with E-state index in [4.69, 9.17) is 31.4 Å². The van der Waals surface area contributed by atoms with E-state index in [0.29, 0.717) is 11.1 Å². The molecule has 230 valence electrons. The second-order valence-corrected chi connectivity index (χ2v) is 10.8. The van der Waals surface area contributed by atoms with Crippen LogP contribution in [-0.2, 0) is 0 Å². The van der Waals surface area contributed by atoms with Crippen molar-refractivity contribution in [2.24, 2.45) is 0 Å². The lowest BCUT2D eigenvalue weighted by Crippen LogP contribution is -2.05. The van der Waals surface area contributed by atoms with Crippen LogP contribution in [0.2, 0.25) is 0 Å². The van der Waals surface area contributed by atoms with Crippen molar-refractivity contribution in [3.8, 4) is 62.1 Å². The first-order chi connectivity index (χ1) is 31.4. The highest BCUT2D eigenvalue weighted by molar-refractivity contribution is 6.11. The molecule has 0 fully saturated rings. The Morgan fingerprint density at radius 1 is 0.408 bits per heavy atom. The van der Waals surface area contributed by atoms with Crippen molar-refractivity contribution in [1.82, 2.24) is 19.5 Å². The highest BCUT2D eigenvalue weighted by atomic mass is 15.1. The molecule has 0 radical (unpaired) electrons. The minimum Gasteiger partial charge on any atom is -0.308 e. The number of benzene rings is 7. The van der Waals surface area contributed by atoms with Crippen LogP contribution in [0.3, 0.4) is 0 Å². The second-order valence-electron chi connectivity index (χ2n) is 10.8. The van der Waals surface area contributed by atoms with Gasteiger partial charge in [-0.15, -0.1) is 0 Å². The van der Waals surface area contributed by atoms with Crippen LogP contribution in [0.4, 0.5) is 0 Å². The molecule has 9 aromatic rings. The third-order valence-electron chi connectivity index (χ3n) is 7.88. The highest BCUT2D eigenvalue weighted by Crippen LogP contribution is 2.41. The van der Waals surface area contributed by atoms with Crippen molar-refractivity contribution in [2.75, 3.05) is 0 Å². The summed E-state index contributed by atoms with van der Waals surface area (Å²) in [7, 11) is 0. The lowest BCUT2D eigenvalue weighted by Gasteiger charge is -2.18. The lowest BCUT2D eigenvalue weighted by molar-refractivity contribution is 1.06. The Hall–Kier alpha value is -6.65. The first-order valence-electron chi connectivity index (χ1n) is 23.6. The molecule has 0 unspecified atom stereocenters. The van der Waals surface area contributed by atoms with Crippen LogP contribution < -0.4 is 0 Å². The molecule has 9 rings (SSSR count). The van der Waals surface area contributed by atoms with Gasteiger partial charge >= 0.3 is 0 Å². The van der Waals surface area contributed by atoms with Crippen LogP contribution in [0.15, 0.2) is 182 Å². The zero-order valence-electron chi connectivity index (χ0n) is 42.3. The van der Waals surface area contributed by atoms with Gasteiger partial charge < -0.3 is 4.57 Å². The number of hydrogen-bond acceptors (Lipinski definition) is 3. The third kappa shape index (κ3) is 5.16. The Kier molecular flexibility index (Phi) is 3.97. The number of nitrogens with zero attached hydrogens (tertiary/aromatic N) is 4. The molecule has 0 N–H and O–H groups in total. The van der Waals surface area contributed by atoms with Crippen LogP contribution in [0.5, 0.6) is 0 Å². The zero-order chi connectivity index (χ0) is 47.4. The fraction of sp³-hybridized carbons (Fsp3) is 0. The standard InChI is InChI=1S/C45H30N4/c1-5-16-31(17-6-1)35-28-29-40-38(30-35)37-24-13-14-26-39(37)49(40)41-27-15-25-36(32-18-7-2-8-19-32)42(41)45-47-43(33-20-9-3-10-21-33)46-44(48-45)34-22-11-4-12-23-34/h1-30H/i1D,2D,5D,6D,7D,8D,13D,14D,16D,17D,18D,19D,24D,26D,28D,29D,30D. The molecule has 0 spiro atoms. The maximum absolute atomic E-state index is 9.67. The topological polar surface area (TPSA) is 43.6 Å². The van der Waals surface area contributed by atoms with Gasteiger partial charge in [0.25, 0.3) is 0 Å². The summed E-state index contributed by atoms with van der Waals surface area (Å²) in [4.78, 5) is 14.6. The normalized spacial score (nSPS) is 16.1. The van der Waals surface area contributed by atoms with E-state index in [1.165, 1.54) is 22.8 Å². The van der Waals surface area contributed by atoms with Crippen molar-refractivity contribution < 1.29 is 23.3 Å². The monoisotopic (exact) mass is 643 g/mol. The first kappa shape index (κ1) is 16.0. The number of aromatic nitrogens is 4. The van der Waals surface area contributed by atoms with Crippen molar-refractivity contribution in [3.63, 3.8) is 0 Å². The van der Waals surface area contributed by atoms with Gasteiger partial charge in [-0.25, -0.2) is 15.0 Å². The number of rotatable bonds is 6. The van der Waals surface area contributed by atoms with Gasteiger partial charge in [-0.3, -0.25) is 0 Å².